The first-order valence-corrected chi connectivity index (χ1v) is 8.96. The zero-order chi connectivity index (χ0) is 19.3. The minimum absolute atomic E-state index is 0.350. The molecule has 0 saturated carbocycles. The molecule has 28 heavy (non-hydrogen) atoms. The lowest BCUT2D eigenvalue weighted by atomic mass is 9.97. The minimum atomic E-state index is -0.612. The average molecular weight is 369 g/mol. The lowest BCUT2D eigenvalue weighted by Gasteiger charge is -2.14. The predicted molar refractivity (Wildman–Crippen MR) is 107 cm³/mol. The number of aromatic nitrogens is 3. The van der Waals surface area contributed by atoms with Crippen LogP contribution in [-0.2, 0) is 9.53 Å². The molecule has 1 aromatic carbocycles. The number of ether oxygens (including phenoxy) is 1. The number of nitrogens with zero attached hydrogens (tertiary/aromatic N) is 3. The molecule has 4 aromatic rings. The molecule has 5 nitrogen and oxygen atoms in total. The van der Waals surface area contributed by atoms with Gasteiger partial charge in [0, 0.05) is 24.2 Å². The normalized spacial score (nSPS) is 11.8. The van der Waals surface area contributed by atoms with Crippen LogP contribution < -0.4 is 0 Å². The highest BCUT2D eigenvalue weighted by Crippen LogP contribution is 2.28. The van der Waals surface area contributed by atoms with Crippen LogP contribution in [0, 0.1) is 0 Å². The van der Waals surface area contributed by atoms with Crippen LogP contribution in [0.5, 0.6) is 0 Å². The number of methoxy groups -OCH3 is 1. The van der Waals surface area contributed by atoms with E-state index in [1.165, 1.54) is 7.11 Å². The molecule has 1 atom stereocenters. The number of esters is 1. The van der Waals surface area contributed by atoms with E-state index in [0.717, 1.165) is 22.6 Å². The van der Waals surface area contributed by atoms with E-state index in [2.05, 4.69) is 4.98 Å². The van der Waals surface area contributed by atoms with Crippen molar-refractivity contribution >= 4 is 5.97 Å². The summed E-state index contributed by atoms with van der Waals surface area (Å²) in [6.45, 7) is 0. The lowest BCUT2D eigenvalue weighted by molar-refractivity contribution is -0.141. The summed E-state index contributed by atoms with van der Waals surface area (Å²) < 4.78 is 6.96. The van der Waals surface area contributed by atoms with Crippen molar-refractivity contribution in [3.05, 3.63) is 103 Å². The second-order valence-corrected chi connectivity index (χ2v) is 6.31. The van der Waals surface area contributed by atoms with Crippen molar-refractivity contribution in [3.8, 4) is 17.1 Å². The first-order chi connectivity index (χ1) is 13.8. The molecule has 0 N–H and O–H groups in total. The Balaban J connectivity index is 1.74. The Morgan fingerprint density at radius 1 is 0.964 bits per heavy atom. The smallest absolute Gasteiger partial charge is 0.319 e. The quantitative estimate of drug-likeness (QED) is 0.494. The van der Waals surface area contributed by atoms with Gasteiger partial charge in [-0.1, -0.05) is 42.5 Å². The van der Waals surface area contributed by atoms with Crippen LogP contribution in [-0.4, -0.2) is 27.6 Å². The van der Waals surface area contributed by atoms with Crippen LogP contribution >= 0.6 is 0 Å². The molecule has 5 heteroatoms. The van der Waals surface area contributed by atoms with Gasteiger partial charge in [-0.15, -0.1) is 0 Å². The molecule has 138 valence electrons. The molecule has 0 radical (unpaired) electrons. The fourth-order valence-electron chi connectivity index (χ4n) is 3.16. The summed E-state index contributed by atoms with van der Waals surface area (Å²) in [6, 6.07) is 23.2. The standard InChI is InChI=1S/C23H19N3O2/c1-28-23(27)22(18-13-15-26(16-18)21-12-5-6-14-24-21)20-11-7-10-19(25-20)17-8-3-2-4-9-17/h2-16,22H,1H3. The topological polar surface area (TPSA) is 57.0 Å². The number of hydrogen-bond donors (Lipinski definition) is 0. The Hall–Kier alpha value is -3.73. The molecular weight excluding hydrogens is 350 g/mol. The summed E-state index contributed by atoms with van der Waals surface area (Å²) in [5.41, 5.74) is 3.26. The number of rotatable bonds is 5. The lowest BCUT2D eigenvalue weighted by Crippen LogP contribution is -2.16. The van der Waals surface area contributed by atoms with Crippen LogP contribution in [0.1, 0.15) is 17.2 Å². The van der Waals surface area contributed by atoms with Gasteiger partial charge in [-0.3, -0.25) is 9.78 Å². The van der Waals surface area contributed by atoms with E-state index in [1.54, 1.807) is 6.20 Å². The summed E-state index contributed by atoms with van der Waals surface area (Å²) >= 11 is 0. The van der Waals surface area contributed by atoms with Gasteiger partial charge in [0.2, 0.25) is 0 Å². The number of hydrogen-bond acceptors (Lipinski definition) is 4. The maximum absolute atomic E-state index is 12.6. The maximum atomic E-state index is 12.6. The van der Waals surface area contributed by atoms with E-state index < -0.39 is 5.92 Å². The Morgan fingerprint density at radius 3 is 2.54 bits per heavy atom. The molecule has 0 aliphatic rings. The molecule has 3 heterocycles. The minimum Gasteiger partial charge on any atom is -0.468 e. The monoisotopic (exact) mass is 369 g/mol. The molecular formula is C23H19N3O2. The highest BCUT2D eigenvalue weighted by Gasteiger charge is 2.26. The van der Waals surface area contributed by atoms with E-state index in [0.29, 0.717) is 5.69 Å². The van der Waals surface area contributed by atoms with Crippen LogP contribution in [0.4, 0.5) is 0 Å². The van der Waals surface area contributed by atoms with Crippen molar-refractivity contribution in [1.29, 1.82) is 0 Å². The molecule has 0 fully saturated rings. The summed E-state index contributed by atoms with van der Waals surface area (Å²) in [5, 5.41) is 0. The molecule has 0 aliphatic carbocycles. The summed E-state index contributed by atoms with van der Waals surface area (Å²) in [4.78, 5) is 21.7. The third-order valence-corrected chi connectivity index (χ3v) is 4.54. The van der Waals surface area contributed by atoms with E-state index in [9.17, 15) is 4.79 Å². The number of pyridine rings is 2. The van der Waals surface area contributed by atoms with E-state index in [-0.39, 0.29) is 5.97 Å². The van der Waals surface area contributed by atoms with Gasteiger partial charge in [-0.2, -0.15) is 0 Å². The van der Waals surface area contributed by atoms with E-state index in [4.69, 9.17) is 9.72 Å². The van der Waals surface area contributed by atoms with Crippen LogP contribution in [0.3, 0.4) is 0 Å². The third-order valence-electron chi connectivity index (χ3n) is 4.54. The van der Waals surface area contributed by atoms with Gasteiger partial charge in [-0.05, 0) is 35.9 Å². The van der Waals surface area contributed by atoms with Gasteiger partial charge in [-0.25, -0.2) is 4.98 Å². The van der Waals surface area contributed by atoms with Crippen molar-refractivity contribution in [2.75, 3.05) is 7.11 Å². The molecule has 0 amide bonds. The van der Waals surface area contributed by atoms with Gasteiger partial charge < -0.3 is 9.30 Å². The van der Waals surface area contributed by atoms with Crippen molar-refractivity contribution in [1.82, 2.24) is 14.5 Å². The first kappa shape index (κ1) is 17.7. The van der Waals surface area contributed by atoms with Crippen molar-refractivity contribution < 1.29 is 9.53 Å². The Labute approximate surface area is 163 Å². The van der Waals surface area contributed by atoms with Gasteiger partial charge in [0.05, 0.1) is 18.5 Å². The molecule has 0 spiro atoms. The molecule has 0 bridgehead atoms. The molecule has 0 saturated heterocycles. The van der Waals surface area contributed by atoms with Gasteiger partial charge in [0.15, 0.2) is 0 Å². The summed E-state index contributed by atoms with van der Waals surface area (Å²) in [6.07, 6.45) is 5.51. The van der Waals surface area contributed by atoms with Crippen LogP contribution in [0.15, 0.2) is 91.4 Å². The average Bonchev–Trinajstić information content (AvgIpc) is 3.25. The van der Waals surface area contributed by atoms with E-state index in [1.807, 2.05) is 89.8 Å². The summed E-state index contributed by atoms with van der Waals surface area (Å²) in [5.74, 6) is -0.182. The second-order valence-electron chi connectivity index (χ2n) is 6.31. The predicted octanol–water partition coefficient (Wildman–Crippen LogP) is 4.24. The Kier molecular flexibility index (Phi) is 4.97. The van der Waals surface area contributed by atoms with Crippen molar-refractivity contribution in [3.63, 3.8) is 0 Å². The zero-order valence-corrected chi connectivity index (χ0v) is 15.4. The van der Waals surface area contributed by atoms with Crippen molar-refractivity contribution in [2.24, 2.45) is 0 Å². The highest BCUT2D eigenvalue weighted by atomic mass is 16.5. The van der Waals surface area contributed by atoms with Gasteiger partial charge in [0.1, 0.15) is 11.7 Å². The number of carbonyl (C=O) groups is 1. The van der Waals surface area contributed by atoms with E-state index >= 15 is 0 Å². The first-order valence-electron chi connectivity index (χ1n) is 8.96. The van der Waals surface area contributed by atoms with Gasteiger partial charge >= 0.3 is 5.97 Å². The maximum Gasteiger partial charge on any atom is 0.319 e. The fourth-order valence-corrected chi connectivity index (χ4v) is 3.16. The Morgan fingerprint density at radius 2 is 1.79 bits per heavy atom. The summed E-state index contributed by atoms with van der Waals surface area (Å²) in [7, 11) is 1.39. The molecule has 3 aromatic heterocycles. The molecule has 1 unspecified atom stereocenters. The number of benzene rings is 1. The molecule has 0 aliphatic heterocycles. The van der Waals surface area contributed by atoms with Crippen LogP contribution in [0.2, 0.25) is 0 Å². The van der Waals surface area contributed by atoms with Gasteiger partial charge in [0.25, 0.3) is 0 Å². The second kappa shape index (κ2) is 7.88. The largest absolute Gasteiger partial charge is 0.468 e. The molecule has 4 rings (SSSR count). The van der Waals surface area contributed by atoms with Crippen LogP contribution in [0.25, 0.3) is 17.1 Å². The fraction of sp³-hybridized carbons (Fsp3) is 0.0870. The number of carbonyl (C=O) groups excluding carboxylic acids is 1. The SMILES string of the molecule is COC(=O)C(c1ccn(-c2ccccn2)c1)c1cccc(-c2ccccc2)n1. The third kappa shape index (κ3) is 3.55. The van der Waals surface area contributed by atoms with Crippen molar-refractivity contribution in [2.45, 2.75) is 5.92 Å². The zero-order valence-electron chi connectivity index (χ0n) is 15.4. The Bertz CT molecular complexity index is 1080. The highest BCUT2D eigenvalue weighted by molar-refractivity contribution is 5.81.